The Labute approximate surface area is 204 Å². The Morgan fingerprint density at radius 2 is 2.00 bits per heavy atom. The van der Waals surface area contributed by atoms with Crippen LogP contribution in [0.4, 0.5) is 5.00 Å². The normalized spacial score (nSPS) is 11.1. The number of hydrogen-bond donors (Lipinski definition) is 2. The van der Waals surface area contributed by atoms with Gasteiger partial charge < -0.3 is 15.8 Å². The summed E-state index contributed by atoms with van der Waals surface area (Å²) in [6.45, 7) is 8.29. The average molecular weight is 496 g/mol. The summed E-state index contributed by atoms with van der Waals surface area (Å²) in [6, 6.07) is 1.80. The van der Waals surface area contributed by atoms with Crippen LogP contribution in [0.1, 0.15) is 61.9 Å². The molecule has 4 heterocycles. The second-order valence-corrected chi connectivity index (χ2v) is 8.84. The van der Waals surface area contributed by atoms with Crippen molar-refractivity contribution in [3.05, 3.63) is 51.9 Å². The van der Waals surface area contributed by atoms with Crippen molar-refractivity contribution in [2.45, 2.75) is 40.7 Å². The summed E-state index contributed by atoms with van der Waals surface area (Å²) >= 11 is 0.928. The molecule has 0 aliphatic carbocycles. The Balaban J connectivity index is 1.72. The van der Waals surface area contributed by atoms with Crippen molar-refractivity contribution in [3.63, 3.8) is 0 Å². The van der Waals surface area contributed by atoms with Crippen LogP contribution in [-0.2, 0) is 11.3 Å². The molecule has 35 heavy (non-hydrogen) atoms. The van der Waals surface area contributed by atoms with Crippen LogP contribution in [0.15, 0.2) is 24.7 Å². The number of aryl methyl sites for hydroxylation is 2. The Morgan fingerprint density at radius 3 is 2.66 bits per heavy atom. The van der Waals surface area contributed by atoms with E-state index in [1.165, 1.54) is 6.20 Å². The number of primary amides is 1. The van der Waals surface area contributed by atoms with Crippen molar-refractivity contribution < 1.29 is 19.1 Å². The van der Waals surface area contributed by atoms with Crippen molar-refractivity contribution in [2.75, 3.05) is 11.9 Å². The molecule has 0 aliphatic rings. The lowest BCUT2D eigenvalue weighted by Gasteiger charge is -2.07. The number of nitrogens with two attached hydrogens (primary N) is 1. The second kappa shape index (κ2) is 9.66. The Hall–Kier alpha value is -4.06. The van der Waals surface area contributed by atoms with Crippen LogP contribution in [0.25, 0.3) is 16.9 Å². The third-order valence-electron chi connectivity index (χ3n) is 5.43. The minimum Gasteiger partial charge on any atom is -0.462 e. The number of fused-ring (bicyclic) bond motifs is 1. The maximum atomic E-state index is 13.3. The molecule has 3 N–H and O–H groups in total. The highest BCUT2D eigenvalue weighted by Crippen LogP contribution is 2.34. The number of rotatable bonds is 8. The van der Waals surface area contributed by atoms with Gasteiger partial charge in [-0.1, -0.05) is 6.92 Å². The standard InChI is InChI=1S/C23H25N7O4S/c1-5-9-34-23(33)17-12(3)18(19(24)31)35-22(17)27-21(32)14-10-26-30-16(7-8-25-20(14)30)15-11-29(6-2)28-13(15)4/h7-8,10-11H,5-6,9H2,1-4H3,(H2,24,31)(H,27,32). The van der Waals surface area contributed by atoms with Crippen LogP contribution < -0.4 is 11.1 Å². The number of anilines is 1. The molecule has 4 aromatic heterocycles. The van der Waals surface area contributed by atoms with Gasteiger partial charge in [0.2, 0.25) is 0 Å². The van der Waals surface area contributed by atoms with E-state index in [0.29, 0.717) is 17.6 Å². The van der Waals surface area contributed by atoms with Crippen molar-refractivity contribution in [3.8, 4) is 11.3 Å². The molecule has 0 saturated heterocycles. The molecule has 0 bridgehead atoms. The smallest absolute Gasteiger partial charge is 0.341 e. The largest absolute Gasteiger partial charge is 0.462 e. The number of nitrogens with one attached hydrogen (secondary N) is 1. The van der Waals surface area contributed by atoms with Crippen molar-refractivity contribution >= 4 is 39.8 Å². The molecule has 0 aliphatic heterocycles. The van der Waals surface area contributed by atoms with Crippen LogP contribution in [0.5, 0.6) is 0 Å². The Kier molecular flexibility index (Phi) is 6.65. The second-order valence-electron chi connectivity index (χ2n) is 7.82. The first kappa shape index (κ1) is 24.1. The summed E-state index contributed by atoms with van der Waals surface area (Å²) in [4.78, 5) is 42.3. The molecule has 0 saturated carbocycles. The van der Waals surface area contributed by atoms with E-state index in [9.17, 15) is 14.4 Å². The minimum atomic E-state index is -0.692. The molecular weight excluding hydrogens is 470 g/mol. The zero-order valence-electron chi connectivity index (χ0n) is 19.8. The number of carbonyl (C=O) groups excluding carboxylic acids is 3. The van der Waals surface area contributed by atoms with E-state index in [-0.39, 0.29) is 27.6 Å². The SMILES string of the molecule is CCCOC(=O)c1c(NC(=O)c2cnn3c(-c4cn(CC)nc4C)ccnc23)sc(C(N)=O)c1C. The van der Waals surface area contributed by atoms with Crippen molar-refractivity contribution in [2.24, 2.45) is 5.73 Å². The van der Waals surface area contributed by atoms with Crippen LogP contribution in [0.2, 0.25) is 0 Å². The molecular formula is C23H25N7O4S. The fourth-order valence-electron chi connectivity index (χ4n) is 3.71. The number of carbonyl (C=O) groups is 3. The lowest BCUT2D eigenvalue weighted by atomic mass is 10.1. The van der Waals surface area contributed by atoms with E-state index in [1.54, 1.807) is 23.7 Å². The van der Waals surface area contributed by atoms with Gasteiger partial charge in [0.1, 0.15) is 10.6 Å². The number of ether oxygens (including phenoxy) is 1. The summed E-state index contributed by atoms with van der Waals surface area (Å²) in [5.74, 6) is -1.86. The first-order valence-corrected chi connectivity index (χ1v) is 11.9. The van der Waals surface area contributed by atoms with Gasteiger partial charge in [0.05, 0.1) is 34.6 Å². The van der Waals surface area contributed by atoms with Crippen LogP contribution in [0, 0.1) is 13.8 Å². The Bertz CT molecular complexity index is 1450. The summed E-state index contributed by atoms with van der Waals surface area (Å²) in [7, 11) is 0. The van der Waals surface area contributed by atoms with Crippen LogP contribution >= 0.6 is 11.3 Å². The zero-order chi connectivity index (χ0) is 25.3. The summed E-state index contributed by atoms with van der Waals surface area (Å²) < 4.78 is 8.64. The number of amides is 2. The van der Waals surface area contributed by atoms with E-state index in [1.807, 2.05) is 31.6 Å². The van der Waals surface area contributed by atoms with E-state index in [4.69, 9.17) is 10.5 Å². The number of thiophene rings is 1. The highest BCUT2D eigenvalue weighted by Gasteiger charge is 2.27. The maximum absolute atomic E-state index is 13.3. The number of nitrogens with zero attached hydrogens (tertiary/aromatic N) is 5. The van der Waals surface area contributed by atoms with E-state index < -0.39 is 17.8 Å². The lowest BCUT2D eigenvalue weighted by molar-refractivity contribution is 0.0506. The molecule has 0 atom stereocenters. The molecule has 0 radical (unpaired) electrons. The molecule has 182 valence electrons. The molecule has 4 rings (SSSR count). The predicted molar refractivity (Wildman–Crippen MR) is 131 cm³/mol. The monoisotopic (exact) mass is 495 g/mol. The molecule has 12 heteroatoms. The number of esters is 1. The van der Waals surface area contributed by atoms with Gasteiger partial charge in [-0.25, -0.2) is 14.3 Å². The van der Waals surface area contributed by atoms with Gasteiger partial charge in [-0.3, -0.25) is 14.3 Å². The van der Waals surface area contributed by atoms with Gasteiger partial charge >= 0.3 is 5.97 Å². The van der Waals surface area contributed by atoms with Crippen molar-refractivity contribution in [1.29, 1.82) is 0 Å². The van der Waals surface area contributed by atoms with Gasteiger partial charge in [-0.15, -0.1) is 11.3 Å². The quantitative estimate of drug-likeness (QED) is 0.357. The molecule has 4 aromatic rings. The van der Waals surface area contributed by atoms with E-state index in [2.05, 4.69) is 20.5 Å². The molecule has 11 nitrogen and oxygen atoms in total. The van der Waals surface area contributed by atoms with Gasteiger partial charge in [0, 0.05) is 24.5 Å². The molecule has 0 aromatic carbocycles. The summed E-state index contributed by atoms with van der Waals surface area (Å²) in [6.07, 6.45) is 5.55. The van der Waals surface area contributed by atoms with Gasteiger partial charge in [0.15, 0.2) is 5.65 Å². The molecule has 0 fully saturated rings. The van der Waals surface area contributed by atoms with Gasteiger partial charge in [-0.2, -0.15) is 10.2 Å². The van der Waals surface area contributed by atoms with Gasteiger partial charge in [0.25, 0.3) is 11.8 Å². The summed E-state index contributed by atoms with van der Waals surface area (Å²) in [5, 5.41) is 11.8. The number of hydrogen-bond acceptors (Lipinski definition) is 8. The fraction of sp³-hybridized carbons (Fsp3) is 0.304. The highest BCUT2D eigenvalue weighted by atomic mass is 32.1. The average Bonchev–Trinajstić information content (AvgIpc) is 3.52. The van der Waals surface area contributed by atoms with Crippen molar-refractivity contribution in [1.82, 2.24) is 24.4 Å². The predicted octanol–water partition coefficient (Wildman–Crippen LogP) is 3.21. The first-order chi connectivity index (χ1) is 16.8. The third-order valence-corrected chi connectivity index (χ3v) is 6.65. The highest BCUT2D eigenvalue weighted by molar-refractivity contribution is 7.18. The third kappa shape index (κ3) is 4.39. The molecule has 2 amide bonds. The van der Waals surface area contributed by atoms with Crippen LogP contribution in [0.3, 0.4) is 0 Å². The summed E-state index contributed by atoms with van der Waals surface area (Å²) in [5.41, 5.74) is 8.91. The topological polar surface area (TPSA) is 146 Å². The van der Waals surface area contributed by atoms with E-state index >= 15 is 0 Å². The lowest BCUT2D eigenvalue weighted by Crippen LogP contribution is -2.15. The Morgan fingerprint density at radius 1 is 1.23 bits per heavy atom. The van der Waals surface area contributed by atoms with Gasteiger partial charge in [-0.05, 0) is 38.8 Å². The van der Waals surface area contributed by atoms with E-state index in [0.717, 1.165) is 34.8 Å². The maximum Gasteiger partial charge on any atom is 0.341 e. The zero-order valence-corrected chi connectivity index (χ0v) is 20.6. The minimum absolute atomic E-state index is 0.110. The molecule has 0 unspecified atom stereocenters. The molecule has 0 spiro atoms. The van der Waals surface area contributed by atoms with Crippen LogP contribution in [-0.4, -0.2) is 48.8 Å². The first-order valence-electron chi connectivity index (χ1n) is 11.1. The number of aromatic nitrogens is 5. The fourth-order valence-corrected chi connectivity index (χ4v) is 4.75.